The Balaban J connectivity index is 1.82. The molecule has 4 aromatic carbocycles. The Kier molecular flexibility index (Phi) is 11.0. The van der Waals surface area contributed by atoms with Crippen molar-refractivity contribution in [3.63, 3.8) is 0 Å². The molecule has 0 fully saturated rings. The average Bonchev–Trinajstić information content (AvgIpc) is 3.03. The van der Waals surface area contributed by atoms with E-state index in [0.717, 1.165) is 21.0 Å². The van der Waals surface area contributed by atoms with Crippen molar-refractivity contribution in [2.45, 2.75) is 37.8 Å². The van der Waals surface area contributed by atoms with Gasteiger partial charge in [-0.15, -0.1) is 0 Å². The molecular formula is C34H36ClN3O5S. The molecule has 0 heterocycles. The first-order valence-corrected chi connectivity index (χ1v) is 16.1. The van der Waals surface area contributed by atoms with Crippen molar-refractivity contribution < 1.29 is 22.7 Å². The van der Waals surface area contributed by atoms with E-state index in [1.54, 1.807) is 31.2 Å². The molecule has 0 bridgehead atoms. The summed E-state index contributed by atoms with van der Waals surface area (Å²) in [7, 11) is -2.76. The average molecular weight is 634 g/mol. The highest BCUT2D eigenvalue weighted by atomic mass is 35.5. The fourth-order valence-corrected chi connectivity index (χ4v) is 6.35. The van der Waals surface area contributed by atoms with Crippen molar-refractivity contribution in [2.24, 2.45) is 0 Å². The van der Waals surface area contributed by atoms with E-state index < -0.39 is 28.5 Å². The second kappa shape index (κ2) is 14.9. The molecule has 4 aromatic rings. The molecule has 8 nitrogen and oxygen atoms in total. The number of halogens is 1. The van der Waals surface area contributed by atoms with Crippen LogP contribution in [0.5, 0.6) is 5.75 Å². The van der Waals surface area contributed by atoms with Gasteiger partial charge in [-0.05, 0) is 61.4 Å². The van der Waals surface area contributed by atoms with Gasteiger partial charge in [0.2, 0.25) is 11.8 Å². The number of para-hydroxylation sites is 2. The van der Waals surface area contributed by atoms with E-state index in [2.05, 4.69) is 5.32 Å². The number of carbonyl (C=O) groups excluding carboxylic acids is 2. The summed E-state index contributed by atoms with van der Waals surface area (Å²) in [6, 6.07) is 28.5. The van der Waals surface area contributed by atoms with Crippen LogP contribution >= 0.6 is 11.6 Å². The quantitative estimate of drug-likeness (QED) is 0.206. The van der Waals surface area contributed by atoms with Crippen molar-refractivity contribution in [1.29, 1.82) is 0 Å². The number of aryl methyl sites for hydroxylation is 1. The molecule has 0 saturated heterocycles. The summed E-state index contributed by atoms with van der Waals surface area (Å²) >= 11 is 6.06. The Hall–Kier alpha value is -4.34. The molecule has 0 spiro atoms. The van der Waals surface area contributed by atoms with Gasteiger partial charge in [0, 0.05) is 25.0 Å². The molecule has 0 aliphatic heterocycles. The topological polar surface area (TPSA) is 96.0 Å². The molecule has 0 radical (unpaired) electrons. The molecule has 4 rings (SSSR count). The third-order valence-corrected chi connectivity index (χ3v) is 9.13. The molecule has 0 saturated carbocycles. The Morgan fingerprint density at radius 1 is 0.864 bits per heavy atom. The highest BCUT2D eigenvalue weighted by Gasteiger charge is 2.35. The van der Waals surface area contributed by atoms with Crippen molar-refractivity contribution in [3.8, 4) is 5.75 Å². The number of nitrogens with zero attached hydrogens (tertiary/aromatic N) is 2. The third-order valence-electron chi connectivity index (χ3n) is 7.11. The van der Waals surface area contributed by atoms with E-state index in [-0.39, 0.29) is 36.1 Å². The van der Waals surface area contributed by atoms with Gasteiger partial charge in [-0.2, -0.15) is 0 Å². The van der Waals surface area contributed by atoms with Gasteiger partial charge < -0.3 is 15.0 Å². The minimum Gasteiger partial charge on any atom is -0.492 e. The number of carbonyl (C=O) groups is 2. The standard InChI is InChI=1S/C34H36ClN3O5S/c1-4-43-32-13-9-8-12-30(32)38(44(41,42)29-20-18-28(35)19-21-29)24-33(39)37(23-27-16-14-25(2)15-17-27)31(34(40)36-3)22-26-10-6-5-7-11-26/h5-21,31H,4,22-24H2,1-3H3,(H,36,40). The zero-order valence-corrected chi connectivity index (χ0v) is 26.5. The summed E-state index contributed by atoms with van der Waals surface area (Å²) in [4.78, 5) is 29.2. The summed E-state index contributed by atoms with van der Waals surface area (Å²) in [6.07, 6.45) is 0.234. The van der Waals surface area contributed by atoms with Crippen LogP contribution in [0, 0.1) is 6.92 Å². The van der Waals surface area contributed by atoms with Crippen molar-refractivity contribution in [2.75, 3.05) is 24.5 Å². The van der Waals surface area contributed by atoms with Crippen molar-refractivity contribution >= 4 is 39.1 Å². The predicted molar refractivity (Wildman–Crippen MR) is 173 cm³/mol. The minimum absolute atomic E-state index is 0.0433. The first-order chi connectivity index (χ1) is 21.1. The van der Waals surface area contributed by atoms with E-state index in [4.69, 9.17) is 16.3 Å². The Morgan fingerprint density at radius 2 is 1.50 bits per heavy atom. The van der Waals surface area contributed by atoms with E-state index in [9.17, 15) is 18.0 Å². The van der Waals surface area contributed by atoms with Gasteiger partial charge >= 0.3 is 0 Å². The Bertz CT molecular complexity index is 1660. The van der Waals surface area contributed by atoms with Gasteiger partial charge in [0.1, 0.15) is 18.3 Å². The molecule has 44 heavy (non-hydrogen) atoms. The van der Waals surface area contributed by atoms with Gasteiger partial charge in [-0.3, -0.25) is 13.9 Å². The minimum atomic E-state index is -4.28. The van der Waals surface area contributed by atoms with Gasteiger partial charge in [-0.1, -0.05) is 83.9 Å². The number of ether oxygens (including phenoxy) is 1. The second-order valence-corrected chi connectivity index (χ2v) is 12.5. The van der Waals surface area contributed by atoms with E-state index in [1.807, 2.05) is 61.5 Å². The number of hydrogen-bond donors (Lipinski definition) is 1. The maximum Gasteiger partial charge on any atom is 0.264 e. The highest BCUT2D eigenvalue weighted by molar-refractivity contribution is 7.92. The molecule has 1 atom stereocenters. The molecule has 230 valence electrons. The van der Waals surface area contributed by atoms with Crippen molar-refractivity contribution in [1.82, 2.24) is 10.2 Å². The second-order valence-electron chi connectivity index (χ2n) is 10.2. The smallest absolute Gasteiger partial charge is 0.264 e. The van der Waals surface area contributed by atoms with Crippen LogP contribution in [0.2, 0.25) is 5.02 Å². The summed E-state index contributed by atoms with van der Waals surface area (Å²) in [6.45, 7) is 3.55. The number of amides is 2. The zero-order valence-electron chi connectivity index (χ0n) is 24.9. The largest absolute Gasteiger partial charge is 0.492 e. The lowest BCUT2D eigenvalue weighted by molar-refractivity contribution is -0.139. The third kappa shape index (κ3) is 7.98. The number of likely N-dealkylation sites (N-methyl/N-ethyl adjacent to an activating group) is 1. The van der Waals surface area contributed by atoms with Crippen LogP contribution in [0.3, 0.4) is 0 Å². The van der Waals surface area contributed by atoms with Gasteiger partial charge in [-0.25, -0.2) is 8.42 Å². The summed E-state index contributed by atoms with van der Waals surface area (Å²) < 4.78 is 35.2. The number of hydrogen-bond acceptors (Lipinski definition) is 5. The van der Waals surface area contributed by atoms with E-state index in [1.165, 1.54) is 36.2 Å². The summed E-state index contributed by atoms with van der Waals surface area (Å²) in [5, 5.41) is 3.07. The number of benzene rings is 4. The fourth-order valence-electron chi connectivity index (χ4n) is 4.80. The van der Waals surface area contributed by atoms with Crippen molar-refractivity contribution in [3.05, 3.63) is 125 Å². The summed E-state index contributed by atoms with van der Waals surface area (Å²) in [5.41, 5.74) is 2.90. The molecular weight excluding hydrogens is 598 g/mol. The molecule has 1 N–H and O–H groups in total. The van der Waals surface area contributed by atoms with Crippen LogP contribution < -0.4 is 14.4 Å². The molecule has 10 heteroatoms. The molecule has 0 aromatic heterocycles. The number of anilines is 1. The Morgan fingerprint density at radius 3 is 2.14 bits per heavy atom. The lowest BCUT2D eigenvalue weighted by Gasteiger charge is -2.34. The zero-order chi connectivity index (χ0) is 31.7. The van der Waals surface area contributed by atoms with Gasteiger partial charge in [0.05, 0.1) is 17.2 Å². The molecule has 0 aliphatic carbocycles. The number of nitrogens with one attached hydrogen (secondary N) is 1. The summed E-state index contributed by atoms with van der Waals surface area (Å²) in [5.74, 6) is -0.618. The highest BCUT2D eigenvalue weighted by Crippen LogP contribution is 2.33. The van der Waals surface area contributed by atoms with E-state index in [0.29, 0.717) is 10.8 Å². The normalized spacial score (nSPS) is 11.8. The number of rotatable bonds is 13. The predicted octanol–water partition coefficient (Wildman–Crippen LogP) is 5.63. The van der Waals surface area contributed by atoms with Crippen LogP contribution in [-0.4, -0.2) is 51.4 Å². The lowest BCUT2D eigenvalue weighted by Crippen LogP contribution is -2.53. The first kappa shape index (κ1) is 32.6. The van der Waals surface area contributed by atoms with E-state index >= 15 is 0 Å². The van der Waals surface area contributed by atoms with Crippen LogP contribution in [0.1, 0.15) is 23.6 Å². The molecule has 0 aliphatic rings. The fraction of sp³-hybridized carbons (Fsp3) is 0.235. The van der Waals surface area contributed by atoms with Crippen LogP contribution in [0.4, 0.5) is 5.69 Å². The number of sulfonamides is 1. The SMILES string of the molecule is CCOc1ccccc1N(CC(=O)N(Cc1ccc(C)cc1)C(Cc1ccccc1)C(=O)NC)S(=O)(=O)c1ccc(Cl)cc1. The molecule has 2 amide bonds. The van der Waals surface area contributed by atoms with Gasteiger partial charge in [0.15, 0.2) is 0 Å². The maximum absolute atomic E-state index is 14.4. The first-order valence-electron chi connectivity index (χ1n) is 14.2. The monoisotopic (exact) mass is 633 g/mol. The van der Waals surface area contributed by atoms with Crippen LogP contribution in [0.15, 0.2) is 108 Å². The van der Waals surface area contributed by atoms with Crippen LogP contribution in [-0.2, 0) is 32.6 Å². The Labute approximate surface area is 264 Å². The van der Waals surface area contributed by atoms with Gasteiger partial charge in [0.25, 0.3) is 10.0 Å². The molecule has 1 unspecified atom stereocenters. The maximum atomic E-state index is 14.4. The van der Waals surface area contributed by atoms with Crippen LogP contribution in [0.25, 0.3) is 0 Å². The lowest BCUT2D eigenvalue weighted by atomic mass is 10.0.